The Balaban J connectivity index is 1.75. The van der Waals surface area contributed by atoms with Gasteiger partial charge in [-0.1, -0.05) is 25.9 Å². The molecule has 1 N–H and O–H groups in total. The summed E-state index contributed by atoms with van der Waals surface area (Å²) >= 11 is 0. The molecule has 1 amide bonds. The Morgan fingerprint density at radius 1 is 1.42 bits per heavy atom. The summed E-state index contributed by atoms with van der Waals surface area (Å²) in [4.78, 5) is 22.3. The van der Waals surface area contributed by atoms with Crippen LogP contribution in [0.4, 0.5) is 5.69 Å². The van der Waals surface area contributed by atoms with Gasteiger partial charge in [-0.05, 0) is 31.0 Å². The van der Waals surface area contributed by atoms with Crippen LogP contribution >= 0.6 is 0 Å². The third-order valence-electron chi connectivity index (χ3n) is 4.38. The maximum atomic E-state index is 12.4. The molecule has 0 fully saturated rings. The van der Waals surface area contributed by atoms with E-state index >= 15 is 0 Å². The summed E-state index contributed by atoms with van der Waals surface area (Å²) in [5.41, 5.74) is 3.66. The van der Waals surface area contributed by atoms with Crippen molar-refractivity contribution in [3.05, 3.63) is 24.0 Å². The summed E-state index contributed by atoms with van der Waals surface area (Å²) < 4.78 is 2.20. The van der Waals surface area contributed by atoms with Gasteiger partial charge in [0.25, 0.3) is 5.91 Å². The van der Waals surface area contributed by atoms with Crippen molar-refractivity contribution in [1.29, 1.82) is 0 Å². The number of carbonyl (C=O) groups excluding carboxylic acids is 1. The number of aryl methyl sites for hydroxylation is 2. The number of anilines is 1. The second-order valence-corrected chi connectivity index (χ2v) is 6.35. The molecule has 1 aromatic carbocycles. The van der Waals surface area contributed by atoms with Crippen LogP contribution in [0.15, 0.2) is 23.4 Å². The zero-order valence-electron chi connectivity index (χ0n) is 14.7. The molecular weight excluding hydrogens is 304 g/mol. The summed E-state index contributed by atoms with van der Waals surface area (Å²) in [5, 5.41) is 6.92. The minimum Gasteiger partial charge on any atom is -0.382 e. The predicted molar refractivity (Wildman–Crippen MR) is 95.2 cm³/mol. The minimum atomic E-state index is -0.544. The van der Waals surface area contributed by atoms with Crippen molar-refractivity contribution in [2.45, 2.75) is 53.2 Å². The lowest BCUT2D eigenvalue weighted by Gasteiger charge is -2.10. The van der Waals surface area contributed by atoms with Gasteiger partial charge in [0, 0.05) is 25.1 Å². The molecule has 0 spiro atoms. The largest absolute Gasteiger partial charge is 0.382 e. The molecule has 128 valence electrons. The molecule has 1 atom stereocenters. The Morgan fingerprint density at radius 2 is 2.21 bits per heavy atom. The van der Waals surface area contributed by atoms with Gasteiger partial charge in [-0.25, -0.2) is 4.98 Å². The number of hydrogen-bond donors (Lipinski definition) is 1. The van der Waals surface area contributed by atoms with Gasteiger partial charge in [-0.2, -0.15) is 0 Å². The molecular formula is C18H24N4O2. The molecule has 2 heterocycles. The molecule has 3 rings (SSSR count). The van der Waals surface area contributed by atoms with Crippen LogP contribution in [0.2, 0.25) is 0 Å². The first-order chi connectivity index (χ1) is 11.5. The van der Waals surface area contributed by atoms with E-state index in [-0.39, 0.29) is 5.91 Å². The zero-order chi connectivity index (χ0) is 17.3. The maximum Gasteiger partial charge on any atom is 0.268 e. The Morgan fingerprint density at radius 3 is 2.83 bits per heavy atom. The number of aromatic nitrogens is 2. The average Bonchev–Trinajstić information content (AvgIpc) is 3.18. The number of amides is 1. The molecule has 6 heteroatoms. The first-order valence-electron chi connectivity index (χ1n) is 8.56. The average molecular weight is 328 g/mol. The number of benzene rings is 1. The summed E-state index contributed by atoms with van der Waals surface area (Å²) in [5.74, 6) is 1.19. The number of carbonyl (C=O) groups is 1. The molecule has 1 aliphatic heterocycles. The van der Waals surface area contributed by atoms with Crippen LogP contribution in [0.25, 0.3) is 11.0 Å². The van der Waals surface area contributed by atoms with E-state index in [1.807, 2.05) is 32.0 Å². The van der Waals surface area contributed by atoms with E-state index in [0.717, 1.165) is 41.2 Å². The number of hydrogen-bond acceptors (Lipinski definition) is 4. The quantitative estimate of drug-likeness (QED) is 0.915. The molecule has 0 aliphatic carbocycles. The first-order valence-corrected chi connectivity index (χ1v) is 8.56. The minimum absolute atomic E-state index is 0.167. The lowest BCUT2D eigenvalue weighted by atomic mass is 10.0. The molecule has 0 saturated heterocycles. The van der Waals surface area contributed by atoms with Crippen molar-refractivity contribution in [2.75, 3.05) is 5.32 Å². The lowest BCUT2D eigenvalue weighted by Crippen LogP contribution is -2.28. The second kappa shape index (κ2) is 6.63. The van der Waals surface area contributed by atoms with Crippen LogP contribution < -0.4 is 5.32 Å². The normalized spacial score (nSPS) is 17.2. The fraction of sp³-hybridized carbons (Fsp3) is 0.500. The van der Waals surface area contributed by atoms with Gasteiger partial charge in [-0.15, -0.1) is 0 Å². The van der Waals surface area contributed by atoms with Gasteiger partial charge in [0.1, 0.15) is 5.82 Å². The molecule has 6 nitrogen and oxygen atoms in total. The molecule has 1 unspecified atom stereocenters. The number of oxime groups is 1. The molecule has 0 saturated carbocycles. The van der Waals surface area contributed by atoms with Gasteiger partial charge in [-0.3, -0.25) is 4.79 Å². The van der Waals surface area contributed by atoms with E-state index in [0.29, 0.717) is 12.3 Å². The second-order valence-electron chi connectivity index (χ2n) is 6.35. The Kier molecular flexibility index (Phi) is 4.55. The summed E-state index contributed by atoms with van der Waals surface area (Å²) in [6.07, 6.45) is 0.892. The highest BCUT2D eigenvalue weighted by Crippen LogP contribution is 2.22. The summed E-state index contributed by atoms with van der Waals surface area (Å²) in [6.45, 7) is 9.19. The van der Waals surface area contributed by atoms with Crippen molar-refractivity contribution < 1.29 is 9.63 Å². The molecule has 0 radical (unpaired) electrons. The Bertz CT molecular complexity index is 792. The first kappa shape index (κ1) is 16.5. The fourth-order valence-corrected chi connectivity index (χ4v) is 2.98. The topological polar surface area (TPSA) is 68.5 Å². The number of fused-ring (bicyclic) bond motifs is 1. The van der Waals surface area contributed by atoms with Crippen molar-refractivity contribution in [2.24, 2.45) is 11.1 Å². The zero-order valence-corrected chi connectivity index (χ0v) is 14.7. The van der Waals surface area contributed by atoms with Crippen molar-refractivity contribution in [3.63, 3.8) is 0 Å². The molecule has 2 aromatic rings. The van der Waals surface area contributed by atoms with Crippen LogP contribution in [0.1, 0.15) is 39.9 Å². The molecule has 1 aromatic heterocycles. The van der Waals surface area contributed by atoms with Gasteiger partial charge >= 0.3 is 0 Å². The highest BCUT2D eigenvalue weighted by Gasteiger charge is 2.29. The summed E-state index contributed by atoms with van der Waals surface area (Å²) in [7, 11) is 0. The van der Waals surface area contributed by atoms with E-state index in [4.69, 9.17) is 4.84 Å². The van der Waals surface area contributed by atoms with E-state index in [2.05, 4.69) is 33.9 Å². The van der Waals surface area contributed by atoms with E-state index in [1.54, 1.807) is 0 Å². The highest BCUT2D eigenvalue weighted by atomic mass is 16.6. The number of rotatable bonds is 5. The molecule has 0 bridgehead atoms. The van der Waals surface area contributed by atoms with Gasteiger partial charge in [0.15, 0.2) is 0 Å². The van der Waals surface area contributed by atoms with Crippen LogP contribution in [0.5, 0.6) is 0 Å². The van der Waals surface area contributed by atoms with Crippen LogP contribution in [-0.4, -0.2) is 27.3 Å². The van der Waals surface area contributed by atoms with E-state index < -0.39 is 6.10 Å². The smallest absolute Gasteiger partial charge is 0.268 e. The van der Waals surface area contributed by atoms with Crippen LogP contribution in [-0.2, 0) is 22.6 Å². The Hall–Kier alpha value is -2.37. The third kappa shape index (κ3) is 3.00. The van der Waals surface area contributed by atoms with Gasteiger partial charge in [0.05, 0.1) is 16.7 Å². The standard InChI is InChI=1S/C18H24N4O2/c1-5-17-20-14-9-12(7-8-15(14)22(17)6-2)19-18(23)16-10-13(11(3)4)21-24-16/h7-9,11,16H,5-6,10H2,1-4H3,(H,19,23). The van der Waals surface area contributed by atoms with Crippen molar-refractivity contribution >= 4 is 28.3 Å². The molecule has 1 aliphatic rings. The number of nitrogens with zero attached hydrogens (tertiary/aromatic N) is 3. The van der Waals surface area contributed by atoms with E-state index in [9.17, 15) is 4.79 Å². The number of imidazole rings is 1. The van der Waals surface area contributed by atoms with Gasteiger partial charge in [0.2, 0.25) is 6.10 Å². The highest BCUT2D eigenvalue weighted by molar-refractivity contribution is 6.00. The lowest BCUT2D eigenvalue weighted by molar-refractivity contribution is -0.125. The Labute approximate surface area is 141 Å². The predicted octanol–water partition coefficient (Wildman–Crippen LogP) is 3.36. The van der Waals surface area contributed by atoms with Crippen molar-refractivity contribution in [1.82, 2.24) is 9.55 Å². The SMILES string of the molecule is CCc1nc2cc(NC(=O)C3CC(C(C)C)=NO3)ccc2n1CC. The monoisotopic (exact) mass is 328 g/mol. The maximum absolute atomic E-state index is 12.4. The fourth-order valence-electron chi connectivity index (χ4n) is 2.98. The van der Waals surface area contributed by atoms with Crippen LogP contribution in [0, 0.1) is 5.92 Å². The van der Waals surface area contributed by atoms with E-state index in [1.165, 1.54) is 0 Å². The summed E-state index contributed by atoms with van der Waals surface area (Å²) in [6, 6.07) is 5.83. The van der Waals surface area contributed by atoms with Gasteiger partial charge < -0.3 is 14.7 Å². The molecule has 24 heavy (non-hydrogen) atoms. The van der Waals surface area contributed by atoms with Crippen molar-refractivity contribution in [3.8, 4) is 0 Å². The number of nitrogens with one attached hydrogen (secondary N) is 1. The van der Waals surface area contributed by atoms with Crippen LogP contribution in [0.3, 0.4) is 0 Å². The third-order valence-corrected chi connectivity index (χ3v) is 4.38.